The molecule has 0 aliphatic heterocycles. The maximum Gasteiger partial charge on any atom is 0.136 e. The molecule has 0 bridgehead atoms. The molecule has 0 unspecified atom stereocenters. The summed E-state index contributed by atoms with van der Waals surface area (Å²) in [5.41, 5.74) is 12.6. The molecule has 0 aliphatic rings. The lowest BCUT2D eigenvalue weighted by molar-refractivity contribution is 0.669. The van der Waals surface area contributed by atoms with Crippen molar-refractivity contribution < 1.29 is 4.42 Å². The van der Waals surface area contributed by atoms with E-state index in [1.165, 1.54) is 98.4 Å². The van der Waals surface area contributed by atoms with Crippen molar-refractivity contribution in [3.63, 3.8) is 0 Å². The number of para-hydroxylation sites is 2. The van der Waals surface area contributed by atoms with Gasteiger partial charge in [0.25, 0.3) is 0 Å². The Bertz CT molecular complexity index is 3720. The zero-order valence-corrected chi connectivity index (χ0v) is 32.6. The molecule has 2 heteroatoms. The highest BCUT2D eigenvalue weighted by Crippen LogP contribution is 2.49. The summed E-state index contributed by atoms with van der Waals surface area (Å²) in [4.78, 5) is 0. The SMILES string of the molecule is c1ccc(-c2c3ccccc3c(-c3cccc4oc5cc(-c6c7ccccc7c(-n7c8ccccc8c8ccccc87)c7ccccc67)ccc5c34)c3ccccc23)cc1. The molecule has 0 aliphatic carbocycles. The van der Waals surface area contributed by atoms with Gasteiger partial charge in [0.05, 0.1) is 16.7 Å². The molecule has 0 amide bonds. The van der Waals surface area contributed by atoms with Crippen LogP contribution in [0.15, 0.2) is 217 Å². The standard InChI is InChI=1S/C58H35NO/c1-2-17-36(18-3-1)54-40-21-4-6-23-42(40)56(43-24-7-5-22-41(43)54)49-29-16-32-52-57(49)48-34-33-37(35-53(48)60-52)55-44-25-8-10-27-46(44)58(47-28-11-9-26-45(47)55)59-50-30-14-12-19-38(50)39-20-13-15-31-51(39)59/h1-35H. The fourth-order valence-electron chi connectivity index (χ4n) is 10.3. The van der Waals surface area contributed by atoms with Crippen molar-refractivity contribution in [1.29, 1.82) is 0 Å². The van der Waals surface area contributed by atoms with Crippen LogP contribution in [0.25, 0.3) is 126 Å². The van der Waals surface area contributed by atoms with Crippen LogP contribution in [0.5, 0.6) is 0 Å². The van der Waals surface area contributed by atoms with E-state index < -0.39 is 0 Å². The Hall–Kier alpha value is -7.94. The first-order chi connectivity index (χ1) is 29.8. The predicted molar refractivity (Wildman–Crippen MR) is 254 cm³/mol. The van der Waals surface area contributed by atoms with Gasteiger partial charge >= 0.3 is 0 Å². The molecular formula is C58H35NO. The van der Waals surface area contributed by atoms with E-state index >= 15 is 0 Å². The van der Waals surface area contributed by atoms with Gasteiger partial charge in [-0.05, 0) is 96.0 Å². The molecule has 0 radical (unpaired) electrons. The van der Waals surface area contributed by atoms with Crippen molar-refractivity contribution in [1.82, 2.24) is 4.57 Å². The first-order valence-corrected chi connectivity index (χ1v) is 20.7. The summed E-state index contributed by atoms with van der Waals surface area (Å²) < 4.78 is 9.37. The molecule has 0 saturated heterocycles. The Labute approximate surface area is 345 Å². The van der Waals surface area contributed by atoms with E-state index in [1.54, 1.807) is 0 Å². The van der Waals surface area contributed by atoms with Crippen molar-refractivity contribution in [3.05, 3.63) is 212 Å². The molecule has 2 heterocycles. The number of furan rings is 1. The van der Waals surface area contributed by atoms with Crippen LogP contribution in [0, 0.1) is 0 Å². The number of fused-ring (bicyclic) bond motifs is 10. The Morgan fingerprint density at radius 1 is 0.283 bits per heavy atom. The molecule has 13 rings (SSSR count). The molecular weight excluding hydrogens is 727 g/mol. The van der Waals surface area contributed by atoms with Crippen LogP contribution in [0.2, 0.25) is 0 Å². The van der Waals surface area contributed by atoms with Gasteiger partial charge in [0.2, 0.25) is 0 Å². The van der Waals surface area contributed by atoms with Crippen molar-refractivity contribution in [3.8, 4) is 39.1 Å². The predicted octanol–water partition coefficient (Wildman–Crippen LogP) is 16.3. The van der Waals surface area contributed by atoms with Crippen molar-refractivity contribution >= 4 is 86.8 Å². The third-order valence-electron chi connectivity index (χ3n) is 12.8. The average molecular weight is 762 g/mol. The molecule has 0 spiro atoms. The third-order valence-corrected chi connectivity index (χ3v) is 12.8. The fourth-order valence-corrected chi connectivity index (χ4v) is 10.3. The number of aromatic nitrogens is 1. The lowest BCUT2D eigenvalue weighted by Gasteiger charge is -2.19. The van der Waals surface area contributed by atoms with E-state index in [0.29, 0.717) is 0 Å². The van der Waals surface area contributed by atoms with Gasteiger partial charge in [0.1, 0.15) is 11.2 Å². The zero-order chi connectivity index (χ0) is 39.3. The Morgan fingerprint density at radius 3 is 1.30 bits per heavy atom. The minimum atomic E-state index is 0.879. The summed E-state index contributed by atoms with van der Waals surface area (Å²) >= 11 is 0. The van der Waals surface area contributed by atoms with Crippen LogP contribution in [-0.2, 0) is 0 Å². The molecule has 2 nitrogen and oxygen atoms in total. The Kier molecular flexibility index (Phi) is 7.05. The van der Waals surface area contributed by atoms with Crippen LogP contribution < -0.4 is 0 Å². The quantitative estimate of drug-likeness (QED) is 0.163. The summed E-state index contributed by atoms with van der Waals surface area (Å²) in [6.07, 6.45) is 0. The van der Waals surface area contributed by atoms with E-state index in [1.807, 2.05) is 0 Å². The highest BCUT2D eigenvalue weighted by Gasteiger charge is 2.23. The molecule has 60 heavy (non-hydrogen) atoms. The fraction of sp³-hybridized carbons (Fsp3) is 0. The van der Waals surface area contributed by atoms with Gasteiger partial charge in [0, 0.05) is 32.3 Å². The van der Waals surface area contributed by atoms with Gasteiger partial charge in [0.15, 0.2) is 0 Å². The van der Waals surface area contributed by atoms with Crippen molar-refractivity contribution in [2.75, 3.05) is 0 Å². The first-order valence-electron chi connectivity index (χ1n) is 20.7. The second-order valence-electron chi connectivity index (χ2n) is 15.9. The summed E-state index contributed by atoms with van der Waals surface area (Å²) in [5.74, 6) is 0. The molecule has 0 N–H and O–H groups in total. The second kappa shape index (κ2) is 12.8. The second-order valence-corrected chi connectivity index (χ2v) is 15.9. The van der Waals surface area contributed by atoms with Gasteiger partial charge in [-0.1, -0.05) is 182 Å². The first kappa shape index (κ1) is 33.1. The molecule has 2 aromatic heterocycles. The van der Waals surface area contributed by atoms with E-state index in [4.69, 9.17) is 4.42 Å². The minimum Gasteiger partial charge on any atom is -0.456 e. The monoisotopic (exact) mass is 761 g/mol. The summed E-state index contributed by atoms with van der Waals surface area (Å²) in [5, 5.41) is 14.6. The van der Waals surface area contributed by atoms with Crippen LogP contribution in [0.4, 0.5) is 0 Å². The van der Waals surface area contributed by atoms with Gasteiger partial charge in [-0.25, -0.2) is 0 Å². The van der Waals surface area contributed by atoms with E-state index in [9.17, 15) is 0 Å². The summed E-state index contributed by atoms with van der Waals surface area (Å²) in [6.45, 7) is 0. The molecule has 0 saturated carbocycles. The lowest BCUT2D eigenvalue weighted by Crippen LogP contribution is -1.99. The highest BCUT2D eigenvalue weighted by atomic mass is 16.3. The van der Waals surface area contributed by atoms with Crippen molar-refractivity contribution in [2.24, 2.45) is 0 Å². The number of rotatable bonds is 4. The van der Waals surface area contributed by atoms with Gasteiger partial charge in [-0.2, -0.15) is 0 Å². The largest absolute Gasteiger partial charge is 0.456 e. The number of benzene rings is 11. The van der Waals surface area contributed by atoms with E-state index in [0.717, 1.165) is 27.5 Å². The molecule has 13 aromatic rings. The Balaban J connectivity index is 1.07. The summed E-state index contributed by atoms with van der Waals surface area (Å²) in [6, 6.07) is 77.3. The van der Waals surface area contributed by atoms with Crippen LogP contribution >= 0.6 is 0 Å². The van der Waals surface area contributed by atoms with Gasteiger partial charge in [-0.15, -0.1) is 0 Å². The maximum atomic E-state index is 6.89. The minimum absolute atomic E-state index is 0.879. The summed E-state index contributed by atoms with van der Waals surface area (Å²) in [7, 11) is 0. The number of hydrogen-bond donors (Lipinski definition) is 0. The third kappa shape index (κ3) is 4.64. The van der Waals surface area contributed by atoms with Gasteiger partial charge in [-0.3, -0.25) is 0 Å². The average Bonchev–Trinajstić information content (AvgIpc) is 3.86. The highest BCUT2D eigenvalue weighted by molar-refractivity contribution is 6.26. The van der Waals surface area contributed by atoms with Gasteiger partial charge < -0.3 is 8.98 Å². The number of hydrogen-bond acceptors (Lipinski definition) is 1. The van der Waals surface area contributed by atoms with E-state index in [-0.39, 0.29) is 0 Å². The van der Waals surface area contributed by atoms with Crippen molar-refractivity contribution in [2.45, 2.75) is 0 Å². The Morgan fingerprint density at radius 2 is 0.733 bits per heavy atom. The normalized spacial score (nSPS) is 12.0. The van der Waals surface area contributed by atoms with Crippen LogP contribution in [0.1, 0.15) is 0 Å². The smallest absolute Gasteiger partial charge is 0.136 e. The van der Waals surface area contributed by atoms with E-state index in [2.05, 4.69) is 217 Å². The molecule has 0 fully saturated rings. The lowest BCUT2D eigenvalue weighted by atomic mass is 9.85. The topological polar surface area (TPSA) is 18.1 Å². The molecule has 278 valence electrons. The number of nitrogens with zero attached hydrogens (tertiary/aromatic N) is 1. The van der Waals surface area contributed by atoms with Crippen LogP contribution in [-0.4, -0.2) is 4.57 Å². The zero-order valence-electron chi connectivity index (χ0n) is 32.6. The molecule has 0 atom stereocenters. The molecule has 11 aromatic carbocycles. The maximum absolute atomic E-state index is 6.89. The van der Waals surface area contributed by atoms with Crippen LogP contribution in [0.3, 0.4) is 0 Å².